The molecule has 1 amide bonds. The predicted octanol–water partition coefficient (Wildman–Crippen LogP) is 2.67. The molecule has 1 fully saturated rings. The Balaban J connectivity index is 1.94. The van der Waals surface area contributed by atoms with E-state index >= 15 is 0 Å². The van der Waals surface area contributed by atoms with Crippen molar-refractivity contribution in [3.63, 3.8) is 0 Å². The zero-order valence-electron chi connectivity index (χ0n) is 13.5. The number of carbonyl (C=O) groups excluding carboxylic acids is 2. The van der Waals surface area contributed by atoms with Crippen molar-refractivity contribution in [2.45, 2.75) is 19.8 Å². The molecule has 1 aromatic carbocycles. The number of ether oxygens (including phenoxy) is 2. The zero-order valence-corrected chi connectivity index (χ0v) is 13.5. The van der Waals surface area contributed by atoms with Gasteiger partial charge in [0, 0.05) is 18.7 Å². The highest BCUT2D eigenvalue weighted by Crippen LogP contribution is 2.22. The number of rotatable bonds is 6. The number of carbonyl (C=O) groups is 2. The second kappa shape index (κ2) is 8.36. The van der Waals surface area contributed by atoms with E-state index in [-0.39, 0.29) is 17.8 Å². The summed E-state index contributed by atoms with van der Waals surface area (Å²) < 4.78 is 10.5. The molecule has 1 aliphatic rings. The van der Waals surface area contributed by atoms with Gasteiger partial charge in [0.2, 0.25) is 0 Å². The van der Waals surface area contributed by atoms with Crippen molar-refractivity contribution in [2.24, 2.45) is 5.92 Å². The number of hydrogen-bond donors (Lipinski definition) is 0. The van der Waals surface area contributed by atoms with Gasteiger partial charge in [-0.25, -0.2) is 0 Å². The Bertz CT molecular complexity index is 562. The molecule has 0 atom stereocenters. The normalized spacial score (nSPS) is 15.1. The number of nitrogens with zero attached hydrogens (tertiary/aromatic N) is 1. The highest BCUT2D eigenvalue weighted by atomic mass is 16.5. The molecular formula is C18H23NO4. The van der Waals surface area contributed by atoms with Crippen molar-refractivity contribution in [1.82, 2.24) is 4.90 Å². The lowest BCUT2D eigenvalue weighted by atomic mass is 9.96. The molecule has 1 heterocycles. The van der Waals surface area contributed by atoms with Crippen LogP contribution in [-0.2, 0) is 9.53 Å². The zero-order chi connectivity index (χ0) is 16.7. The van der Waals surface area contributed by atoms with Crippen molar-refractivity contribution in [1.29, 1.82) is 0 Å². The van der Waals surface area contributed by atoms with E-state index in [0.29, 0.717) is 50.5 Å². The first-order valence-electron chi connectivity index (χ1n) is 7.95. The van der Waals surface area contributed by atoms with Crippen LogP contribution in [-0.4, -0.2) is 43.1 Å². The molecule has 5 heteroatoms. The molecule has 1 saturated heterocycles. The van der Waals surface area contributed by atoms with Crippen LogP contribution in [0.5, 0.6) is 5.75 Å². The standard InChI is InChI=1S/C18H23NO4/c1-3-12-23-16-7-5-6-15(13-16)17(20)19-10-8-14(9-11-19)18(21)22-4-2/h3,5-7,13-14H,1,4,8-12H2,2H3. The number of hydrogen-bond acceptors (Lipinski definition) is 4. The van der Waals surface area contributed by atoms with Gasteiger partial charge in [0.15, 0.2) is 0 Å². The molecule has 0 radical (unpaired) electrons. The van der Waals surface area contributed by atoms with Gasteiger partial charge in [0.1, 0.15) is 12.4 Å². The third-order valence-corrected chi connectivity index (χ3v) is 3.85. The average molecular weight is 317 g/mol. The quantitative estimate of drug-likeness (QED) is 0.598. The number of benzene rings is 1. The summed E-state index contributed by atoms with van der Waals surface area (Å²) in [6.45, 7) is 7.35. The first-order valence-corrected chi connectivity index (χ1v) is 7.95. The molecule has 5 nitrogen and oxygen atoms in total. The van der Waals surface area contributed by atoms with Crippen molar-refractivity contribution < 1.29 is 19.1 Å². The molecule has 2 rings (SSSR count). The summed E-state index contributed by atoms with van der Waals surface area (Å²) >= 11 is 0. The van der Waals surface area contributed by atoms with E-state index in [4.69, 9.17) is 9.47 Å². The highest BCUT2D eigenvalue weighted by molar-refractivity contribution is 5.94. The lowest BCUT2D eigenvalue weighted by Crippen LogP contribution is -2.40. The minimum Gasteiger partial charge on any atom is -0.490 e. The third-order valence-electron chi connectivity index (χ3n) is 3.85. The molecule has 1 aliphatic heterocycles. The van der Waals surface area contributed by atoms with Crippen LogP contribution >= 0.6 is 0 Å². The largest absolute Gasteiger partial charge is 0.490 e. The lowest BCUT2D eigenvalue weighted by Gasteiger charge is -2.31. The maximum Gasteiger partial charge on any atom is 0.309 e. The summed E-state index contributed by atoms with van der Waals surface area (Å²) in [4.78, 5) is 26.1. The minimum absolute atomic E-state index is 0.0311. The highest BCUT2D eigenvalue weighted by Gasteiger charge is 2.28. The number of amides is 1. The monoisotopic (exact) mass is 317 g/mol. The third kappa shape index (κ3) is 4.58. The fourth-order valence-electron chi connectivity index (χ4n) is 2.64. The molecular weight excluding hydrogens is 294 g/mol. The average Bonchev–Trinajstić information content (AvgIpc) is 2.60. The van der Waals surface area contributed by atoms with E-state index in [1.807, 2.05) is 6.07 Å². The Morgan fingerprint density at radius 3 is 2.74 bits per heavy atom. The molecule has 0 spiro atoms. The number of likely N-dealkylation sites (tertiary alicyclic amines) is 1. The van der Waals surface area contributed by atoms with Crippen LogP contribution in [0.15, 0.2) is 36.9 Å². The van der Waals surface area contributed by atoms with Crippen molar-refractivity contribution in [3.8, 4) is 5.75 Å². The Morgan fingerprint density at radius 1 is 1.35 bits per heavy atom. The Morgan fingerprint density at radius 2 is 2.09 bits per heavy atom. The fourth-order valence-corrected chi connectivity index (χ4v) is 2.64. The predicted molar refractivity (Wildman–Crippen MR) is 87.4 cm³/mol. The molecule has 0 aliphatic carbocycles. The minimum atomic E-state index is -0.153. The molecule has 0 N–H and O–H groups in total. The maximum atomic E-state index is 12.6. The van der Waals surface area contributed by atoms with Gasteiger partial charge in [-0.1, -0.05) is 18.7 Å². The first-order chi connectivity index (χ1) is 11.2. The summed E-state index contributed by atoms with van der Waals surface area (Å²) in [7, 11) is 0. The van der Waals surface area contributed by atoms with E-state index in [2.05, 4.69) is 6.58 Å². The Kier molecular flexibility index (Phi) is 6.20. The van der Waals surface area contributed by atoms with Gasteiger partial charge in [-0.3, -0.25) is 9.59 Å². The number of piperidine rings is 1. The van der Waals surface area contributed by atoms with E-state index in [1.165, 1.54) is 0 Å². The Labute approximate surface area is 136 Å². The fraction of sp³-hybridized carbons (Fsp3) is 0.444. The second-order valence-electron chi connectivity index (χ2n) is 5.45. The lowest BCUT2D eigenvalue weighted by molar-refractivity contribution is -0.149. The summed E-state index contributed by atoms with van der Waals surface area (Å²) in [6, 6.07) is 7.13. The van der Waals surface area contributed by atoms with Crippen LogP contribution in [0.25, 0.3) is 0 Å². The van der Waals surface area contributed by atoms with Crippen LogP contribution in [0.2, 0.25) is 0 Å². The SMILES string of the molecule is C=CCOc1cccc(C(=O)N2CCC(C(=O)OCC)CC2)c1. The second-order valence-corrected chi connectivity index (χ2v) is 5.45. The van der Waals surface area contributed by atoms with Crippen LogP contribution in [0.4, 0.5) is 0 Å². The smallest absolute Gasteiger partial charge is 0.309 e. The molecule has 124 valence electrons. The van der Waals surface area contributed by atoms with Gasteiger partial charge in [0.05, 0.1) is 12.5 Å². The van der Waals surface area contributed by atoms with E-state index in [9.17, 15) is 9.59 Å². The molecule has 0 aromatic heterocycles. The summed E-state index contributed by atoms with van der Waals surface area (Å²) in [5.74, 6) is 0.370. The molecule has 0 unspecified atom stereocenters. The van der Waals surface area contributed by atoms with Crippen molar-refractivity contribution >= 4 is 11.9 Å². The van der Waals surface area contributed by atoms with E-state index in [1.54, 1.807) is 36.1 Å². The maximum absolute atomic E-state index is 12.6. The summed E-state index contributed by atoms with van der Waals surface area (Å²) in [5, 5.41) is 0. The van der Waals surface area contributed by atoms with E-state index in [0.717, 1.165) is 0 Å². The number of esters is 1. The van der Waals surface area contributed by atoms with Gasteiger partial charge in [-0.2, -0.15) is 0 Å². The van der Waals surface area contributed by atoms with Crippen molar-refractivity contribution in [3.05, 3.63) is 42.5 Å². The summed E-state index contributed by atoms with van der Waals surface area (Å²) in [6.07, 6.45) is 2.96. The summed E-state index contributed by atoms with van der Waals surface area (Å²) in [5.41, 5.74) is 0.598. The topological polar surface area (TPSA) is 55.8 Å². The van der Waals surface area contributed by atoms with Crippen molar-refractivity contribution in [2.75, 3.05) is 26.3 Å². The van der Waals surface area contributed by atoms with Gasteiger partial charge >= 0.3 is 5.97 Å². The molecule has 23 heavy (non-hydrogen) atoms. The van der Waals surface area contributed by atoms with Crippen LogP contribution < -0.4 is 4.74 Å². The van der Waals surface area contributed by atoms with Gasteiger partial charge in [0.25, 0.3) is 5.91 Å². The van der Waals surface area contributed by atoms with Crippen LogP contribution in [0, 0.1) is 5.92 Å². The van der Waals surface area contributed by atoms with E-state index < -0.39 is 0 Å². The molecule has 1 aromatic rings. The van der Waals surface area contributed by atoms with Gasteiger partial charge in [-0.15, -0.1) is 0 Å². The Hall–Kier alpha value is -2.30. The van der Waals surface area contributed by atoms with Crippen LogP contribution in [0.3, 0.4) is 0 Å². The van der Waals surface area contributed by atoms with Gasteiger partial charge < -0.3 is 14.4 Å². The molecule has 0 saturated carbocycles. The first kappa shape index (κ1) is 17.1. The molecule has 0 bridgehead atoms. The van der Waals surface area contributed by atoms with Gasteiger partial charge in [-0.05, 0) is 38.0 Å². The van der Waals surface area contributed by atoms with Crippen LogP contribution in [0.1, 0.15) is 30.1 Å².